The Bertz CT molecular complexity index is 895. The molecule has 0 saturated heterocycles. The van der Waals surface area contributed by atoms with E-state index in [2.05, 4.69) is 0 Å². The van der Waals surface area contributed by atoms with Gasteiger partial charge in [-0.05, 0) is 37.5 Å². The molecule has 13 atom stereocenters. The van der Waals surface area contributed by atoms with Crippen LogP contribution in [0.2, 0.25) is 0 Å². The van der Waals surface area contributed by atoms with Crippen molar-refractivity contribution in [3.63, 3.8) is 0 Å². The predicted octanol–water partition coefficient (Wildman–Crippen LogP) is 2.15. The van der Waals surface area contributed by atoms with Crippen LogP contribution in [-0.2, 0) is 47.5 Å². The molecule has 0 aromatic rings. The largest absolute Gasteiger partial charge is 0.462 e. The number of ether oxygens (including phenoxy) is 7. The minimum Gasteiger partial charge on any atom is -0.462 e. The highest BCUT2D eigenvalue weighted by Crippen LogP contribution is 2.59. The fourth-order valence-electron chi connectivity index (χ4n) is 8.45. The summed E-state index contributed by atoms with van der Waals surface area (Å²) in [7, 11) is 6.38. The van der Waals surface area contributed by atoms with Crippen LogP contribution in [-0.4, -0.2) is 100 Å². The summed E-state index contributed by atoms with van der Waals surface area (Å²) in [6.07, 6.45) is -2.22. The monoisotopic (exact) mass is 572 g/mol. The van der Waals surface area contributed by atoms with Crippen LogP contribution in [0.1, 0.15) is 53.9 Å². The molecule has 0 amide bonds. The zero-order valence-electron chi connectivity index (χ0n) is 25.3. The molecule has 230 valence electrons. The van der Waals surface area contributed by atoms with Gasteiger partial charge in [0, 0.05) is 73.4 Å². The van der Waals surface area contributed by atoms with Gasteiger partial charge in [0.1, 0.15) is 24.4 Å². The number of hydrogen-bond acceptors (Lipinski definition) is 11. The number of carbonyl (C=O) groups is 3. The molecular weight excluding hydrogens is 524 g/mol. The molecular formula is C29H48O11. The van der Waals surface area contributed by atoms with Gasteiger partial charge in [-0.15, -0.1) is 0 Å². The maximum Gasteiger partial charge on any atom is 0.302 e. The molecule has 11 nitrogen and oxygen atoms in total. The summed E-state index contributed by atoms with van der Waals surface area (Å²) in [4.78, 5) is 36.3. The fourth-order valence-corrected chi connectivity index (χ4v) is 8.45. The Morgan fingerprint density at radius 3 is 1.98 bits per heavy atom. The van der Waals surface area contributed by atoms with Crippen LogP contribution in [0.15, 0.2) is 0 Å². The van der Waals surface area contributed by atoms with Gasteiger partial charge in [-0.2, -0.15) is 0 Å². The zero-order chi connectivity index (χ0) is 29.9. The van der Waals surface area contributed by atoms with Crippen LogP contribution in [0.25, 0.3) is 0 Å². The number of rotatable bonds is 10. The van der Waals surface area contributed by atoms with Gasteiger partial charge in [0.15, 0.2) is 0 Å². The van der Waals surface area contributed by atoms with Gasteiger partial charge in [0.05, 0.1) is 24.4 Å². The van der Waals surface area contributed by atoms with E-state index < -0.39 is 42.0 Å². The average molecular weight is 573 g/mol. The van der Waals surface area contributed by atoms with Crippen LogP contribution in [0, 0.1) is 35.5 Å². The topological polar surface area (TPSA) is 136 Å². The van der Waals surface area contributed by atoms with Crippen LogP contribution < -0.4 is 0 Å². The van der Waals surface area contributed by atoms with E-state index in [4.69, 9.17) is 33.2 Å². The summed E-state index contributed by atoms with van der Waals surface area (Å²) in [6.45, 7) is 8.11. The third kappa shape index (κ3) is 6.48. The molecule has 0 aromatic heterocycles. The van der Waals surface area contributed by atoms with Gasteiger partial charge in [-0.1, -0.05) is 6.92 Å². The second kappa shape index (κ2) is 13.5. The van der Waals surface area contributed by atoms with Gasteiger partial charge < -0.3 is 38.3 Å². The first-order valence-corrected chi connectivity index (χ1v) is 14.1. The lowest BCUT2D eigenvalue weighted by atomic mass is 9.61. The van der Waals surface area contributed by atoms with Gasteiger partial charge in [0.2, 0.25) is 0 Å². The molecule has 3 saturated carbocycles. The molecule has 3 aliphatic carbocycles. The second-order valence-electron chi connectivity index (χ2n) is 11.9. The molecule has 0 aliphatic heterocycles. The highest BCUT2D eigenvalue weighted by Gasteiger charge is 2.64. The number of carbonyl (C=O) groups excluding carboxylic acids is 3. The van der Waals surface area contributed by atoms with Crippen LogP contribution in [0.4, 0.5) is 0 Å². The molecule has 0 spiro atoms. The number of esters is 3. The molecule has 3 fully saturated rings. The van der Waals surface area contributed by atoms with Gasteiger partial charge in [-0.25, -0.2) is 0 Å². The summed E-state index contributed by atoms with van der Waals surface area (Å²) in [6, 6.07) is 0. The first kappa shape index (κ1) is 32.7. The van der Waals surface area contributed by atoms with Crippen molar-refractivity contribution in [3.8, 4) is 0 Å². The van der Waals surface area contributed by atoms with E-state index in [-0.39, 0.29) is 60.1 Å². The number of aliphatic hydroxyl groups is 1. The van der Waals surface area contributed by atoms with Crippen LogP contribution >= 0.6 is 0 Å². The Morgan fingerprint density at radius 1 is 0.850 bits per heavy atom. The van der Waals surface area contributed by atoms with Crippen molar-refractivity contribution in [2.24, 2.45) is 35.5 Å². The standard InChI is InChI=1S/C29H48O11/c1-14-26(40-18(5)32)20-12-29(33,28(37-9)15(2)38-16(3)30)11-19(20)24-23(35-7)10-22(39-17(4)31)21(13-34-6)25(24)27(14)36-8/h14-15,19-28,33H,10-13H2,1-9H3/t14-,15+,19+,20-,21-,22+,23-,24?,25+,26-,27-,28+,29+/m0/s1. The van der Waals surface area contributed by atoms with Crippen LogP contribution in [0.5, 0.6) is 0 Å². The number of methoxy groups -OCH3 is 4. The van der Waals surface area contributed by atoms with E-state index in [1.54, 1.807) is 28.3 Å². The summed E-state index contributed by atoms with van der Waals surface area (Å²) in [5.41, 5.74) is -1.37. The maximum atomic E-state index is 12.4. The Labute approximate surface area is 237 Å². The lowest BCUT2D eigenvalue weighted by molar-refractivity contribution is -0.188. The Morgan fingerprint density at radius 2 is 1.48 bits per heavy atom. The summed E-state index contributed by atoms with van der Waals surface area (Å²) in [5, 5.41) is 12.2. The Kier molecular flexibility index (Phi) is 11.0. The summed E-state index contributed by atoms with van der Waals surface area (Å²) < 4.78 is 40.9. The SMILES string of the molecule is COC[C@@H]1[C@@H]2C([C@@H](OC)C[C@H]1OC(C)=O)[C@@H]1C[C@](O)([C@H](OC)[C@@H](C)OC(C)=O)C[C@@H]1[C@@H](OC(C)=O)[C@H](C)[C@@H]2OC. The minimum absolute atomic E-state index is 0.148. The molecule has 1 N–H and O–H groups in total. The fraction of sp³-hybridized carbons (Fsp3) is 0.897. The number of fused-ring (bicyclic) bond motifs is 3. The Hall–Kier alpha value is -1.79. The van der Waals surface area contributed by atoms with E-state index in [1.807, 2.05) is 6.92 Å². The lowest BCUT2D eigenvalue weighted by Gasteiger charge is -2.50. The summed E-state index contributed by atoms with van der Waals surface area (Å²) in [5.74, 6) is -2.54. The summed E-state index contributed by atoms with van der Waals surface area (Å²) >= 11 is 0. The van der Waals surface area contributed by atoms with Gasteiger partial charge in [-0.3, -0.25) is 14.4 Å². The third-order valence-electron chi connectivity index (χ3n) is 9.49. The lowest BCUT2D eigenvalue weighted by Crippen LogP contribution is -2.56. The van der Waals surface area contributed by atoms with Crippen molar-refractivity contribution in [2.45, 2.75) is 96.1 Å². The van der Waals surface area contributed by atoms with E-state index in [1.165, 1.54) is 27.9 Å². The van der Waals surface area contributed by atoms with E-state index in [9.17, 15) is 19.5 Å². The van der Waals surface area contributed by atoms with Crippen molar-refractivity contribution in [3.05, 3.63) is 0 Å². The van der Waals surface area contributed by atoms with Gasteiger partial charge in [0.25, 0.3) is 0 Å². The zero-order valence-corrected chi connectivity index (χ0v) is 25.3. The smallest absolute Gasteiger partial charge is 0.302 e. The molecule has 3 aliphatic rings. The van der Waals surface area contributed by atoms with Crippen molar-refractivity contribution >= 4 is 17.9 Å². The second-order valence-corrected chi connectivity index (χ2v) is 11.9. The van der Waals surface area contributed by atoms with Crippen molar-refractivity contribution in [1.82, 2.24) is 0 Å². The van der Waals surface area contributed by atoms with Gasteiger partial charge >= 0.3 is 17.9 Å². The van der Waals surface area contributed by atoms with E-state index in [0.29, 0.717) is 19.4 Å². The van der Waals surface area contributed by atoms with Crippen molar-refractivity contribution in [2.75, 3.05) is 35.0 Å². The number of hydrogen-bond donors (Lipinski definition) is 1. The van der Waals surface area contributed by atoms with E-state index >= 15 is 0 Å². The van der Waals surface area contributed by atoms with Crippen LogP contribution in [0.3, 0.4) is 0 Å². The molecule has 11 heteroatoms. The first-order valence-electron chi connectivity index (χ1n) is 14.1. The van der Waals surface area contributed by atoms with Crippen molar-refractivity contribution < 1.29 is 52.6 Å². The molecule has 0 heterocycles. The molecule has 0 radical (unpaired) electrons. The molecule has 40 heavy (non-hydrogen) atoms. The molecule has 0 bridgehead atoms. The highest BCUT2D eigenvalue weighted by molar-refractivity contribution is 5.67. The Balaban J connectivity index is 2.17. The molecule has 3 rings (SSSR count). The van der Waals surface area contributed by atoms with E-state index in [0.717, 1.165) is 0 Å². The van der Waals surface area contributed by atoms with Crippen molar-refractivity contribution in [1.29, 1.82) is 0 Å². The predicted molar refractivity (Wildman–Crippen MR) is 142 cm³/mol. The minimum atomic E-state index is -1.37. The third-order valence-corrected chi connectivity index (χ3v) is 9.49. The average Bonchev–Trinajstić information content (AvgIpc) is 3.17. The molecule has 0 aromatic carbocycles. The quantitative estimate of drug-likeness (QED) is 0.305. The normalized spacial score (nSPS) is 40.6. The first-order chi connectivity index (χ1) is 18.8. The maximum absolute atomic E-state index is 12.4. The highest BCUT2D eigenvalue weighted by atomic mass is 16.6. The molecule has 1 unspecified atom stereocenters.